The van der Waals surface area contributed by atoms with Crippen molar-refractivity contribution in [3.8, 4) is 0 Å². The molecule has 0 aliphatic carbocycles. The second-order valence-electron chi connectivity index (χ2n) is 3.12. The van der Waals surface area contributed by atoms with E-state index in [2.05, 4.69) is 20.9 Å². The number of pyridine rings is 1. The van der Waals surface area contributed by atoms with E-state index in [-0.39, 0.29) is 6.04 Å². The first-order valence-electron chi connectivity index (χ1n) is 4.15. The molecule has 0 bridgehead atoms. The van der Waals surface area contributed by atoms with Crippen molar-refractivity contribution in [2.24, 2.45) is 5.73 Å². The minimum Gasteiger partial charge on any atom is -0.328 e. The molecule has 0 aromatic carbocycles. The summed E-state index contributed by atoms with van der Waals surface area (Å²) in [5.41, 5.74) is 6.19. The molecular formula is C9H12BrFN2. The maximum atomic E-state index is 13.0. The first-order chi connectivity index (χ1) is 6.09. The summed E-state index contributed by atoms with van der Waals surface area (Å²) >= 11 is 3.24. The number of halogens is 2. The van der Waals surface area contributed by atoms with Crippen molar-refractivity contribution < 1.29 is 4.39 Å². The lowest BCUT2D eigenvalue weighted by Crippen LogP contribution is -2.15. The van der Waals surface area contributed by atoms with Gasteiger partial charge in [-0.1, -0.05) is 0 Å². The molecular weight excluding hydrogens is 235 g/mol. The highest BCUT2D eigenvalue weighted by Gasteiger charge is 2.05. The maximum Gasteiger partial charge on any atom is 0.216 e. The molecule has 0 unspecified atom stereocenters. The molecule has 0 aliphatic heterocycles. The van der Waals surface area contributed by atoms with Gasteiger partial charge in [-0.3, -0.25) is 0 Å². The van der Waals surface area contributed by atoms with Crippen molar-refractivity contribution >= 4 is 15.9 Å². The van der Waals surface area contributed by atoms with Gasteiger partial charge in [0.15, 0.2) is 0 Å². The summed E-state index contributed by atoms with van der Waals surface area (Å²) in [7, 11) is 0. The first-order valence-corrected chi connectivity index (χ1v) is 4.94. The summed E-state index contributed by atoms with van der Waals surface area (Å²) in [6, 6.07) is 1.84. The average molecular weight is 247 g/mol. The van der Waals surface area contributed by atoms with Crippen molar-refractivity contribution in [3.63, 3.8) is 0 Å². The van der Waals surface area contributed by atoms with Gasteiger partial charge in [-0.2, -0.15) is 4.39 Å². The molecule has 0 saturated heterocycles. The van der Waals surface area contributed by atoms with E-state index in [1.807, 2.05) is 6.92 Å². The van der Waals surface area contributed by atoms with E-state index in [9.17, 15) is 4.39 Å². The maximum absolute atomic E-state index is 13.0. The van der Waals surface area contributed by atoms with Crippen molar-refractivity contribution in [3.05, 3.63) is 28.2 Å². The molecule has 72 valence electrons. The van der Waals surface area contributed by atoms with Crippen LogP contribution in [0.3, 0.4) is 0 Å². The topological polar surface area (TPSA) is 38.9 Å². The van der Waals surface area contributed by atoms with Gasteiger partial charge in [0.1, 0.15) is 0 Å². The van der Waals surface area contributed by atoms with E-state index in [4.69, 9.17) is 5.73 Å². The Kier molecular flexibility index (Phi) is 3.81. The predicted octanol–water partition coefficient (Wildman–Crippen LogP) is 2.26. The Bertz CT molecular complexity index is 289. The third-order valence-corrected chi connectivity index (χ3v) is 2.18. The number of aryl methyl sites for hydroxylation is 1. The van der Waals surface area contributed by atoms with Crippen molar-refractivity contribution in [1.82, 2.24) is 4.98 Å². The molecule has 0 aliphatic rings. The smallest absolute Gasteiger partial charge is 0.216 e. The van der Waals surface area contributed by atoms with Gasteiger partial charge in [0, 0.05) is 22.3 Å². The van der Waals surface area contributed by atoms with Gasteiger partial charge in [-0.05, 0) is 41.8 Å². The van der Waals surface area contributed by atoms with Crippen LogP contribution in [0.15, 0.2) is 16.7 Å². The Balaban J connectivity index is 2.70. The van der Waals surface area contributed by atoms with Crippen LogP contribution in [0, 0.1) is 5.95 Å². The van der Waals surface area contributed by atoms with Crippen LogP contribution >= 0.6 is 15.9 Å². The molecule has 0 saturated carbocycles. The zero-order chi connectivity index (χ0) is 9.84. The third kappa shape index (κ3) is 3.40. The molecule has 2 N–H and O–H groups in total. The number of nitrogens with two attached hydrogens (primary N) is 1. The SMILES string of the molecule is C[C@H](N)CCc1cc(Br)cnc1F. The highest BCUT2D eigenvalue weighted by molar-refractivity contribution is 9.10. The third-order valence-electron chi connectivity index (χ3n) is 1.75. The quantitative estimate of drug-likeness (QED) is 0.832. The van der Waals surface area contributed by atoms with Crippen LogP contribution in [0.5, 0.6) is 0 Å². The molecule has 0 spiro atoms. The molecule has 1 rings (SSSR count). The number of hydrogen-bond donors (Lipinski definition) is 1. The highest BCUT2D eigenvalue weighted by atomic mass is 79.9. The standard InChI is InChI=1S/C9H12BrFN2/c1-6(12)2-3-7-4-8(10)5-13-9(7)11/h4-6H,2-3,12H2,1H3/t6-/m0/s1. The van der Waals surface area contributed by atoms with Gasteiger partial charge in [0.25, 0.3) is 0 Å². The first kappa shape index (κ1) is 10.6. The van der Waals surface area contributed by atoms with Crippen LogP contribution < -0.4 is 5.73 Å². The minimum atomic E-state index is -0.399. The zero-order valence-corrected chi connectivity index (χ0v) is 9.01. The number of hydrogen-bond acceptors (Lipinski definition) is 2. The lowest BCUT2D eigenvalue weighted by Gasteiger charge is -2.05. The Morgan fingerprint density at radius 1 is 1.69 bits per heavy atom. The number of nitrogens with zero attached hydrogens (tertiary/aromatic N) is 1. The summed E-state index contributed by atoms with van der Waals surface area (Å²) in [4.78, 5) is 3.60. The van der Waals surface area contributed by atoms with Crippen LogP contribution in [0.4, 0.5) is 4.39 Å². The largest absolute Gasteiger partial charge is 0.328 e. The predicted molar refractivity (Wildman–Crippen MR) is 53.9 cm³/mol. The number of rotatable bonds is 3. The van der Waals surface area contributed by atoms with Crippen LogP contribution in [0.1, 0.15) is 18.9 Å². The molecule has 1 aromatic rings. The molecule has 13 heavy (non-hydrogen) atoms. The average Bonchev–Trinajstić information content (AvgIpc) is 2.06. The summed E-state index contributed by atoms with van der Waals surface area (Å²) < 4.78 is 13.8. The number of aromatic nitrogens is 1. The monoisotopic (exact) mass is 246 g/mol. The van der Waals surface area contributed by atoms with Gasteiger partial charge in [0.2, 0.25) is 5.95 Å². The molecule has 0 radical (unpaired) electrons. The molecule has 1 heterocycles. The van der Waals surface area contributed by atoms with Gasteiger partial charge in [-0.25, -0.2) is 4.98 Å². The van der Waals surface area contributed by atoms with Gasteiger partial charge < -0.3 is 5.73 Å². The Labute approximate surface area is 85.5 Å². The van der Waals surface area contributed by atoms with Crippen molar-refractivity contribution in [2.75, 3.05) is 0 Å². The summed E-state index contributed by atoms with van der Waals surface area (Å²) in [5, 5.41) is 0. The molecule has 0 fully saturated rings. The molecule has 1 aromatic heterocycles. The fourth-order valence-electron chi connectivity index (χ4n) is 1.02. The molecule has 1 atom stereocenters. The normalized spacial score (nSPS) is 12.9. The Morgan fingerprint density at radius 3 is 3.00 bits per heavy atom. The van der Waals surface area contributed by atoms with E-state index >= 15 is 0 Å². The van der Waals surface area contributed by atoms with Crippen molar-refractivity contribution in [1.29, 1.82) is 0 Å². The van der Waals surface area contributed by atoms with Crippen LogP contribution in [0.2, 0.25) is 0 Å². The fourth-order valence-corrected chi connectivity index (χ4v) is 1.40. The van der Waals surface area contributed by atoms with E-state index in [1.165, 1.54) is 6.20 Å². The minimum absolute atomic E-state index is 0.0957. The van der Waals surface area contributed by atoms with Gasteiger partial charge in [-0.15, -0.1) is 0 Å². The van der Waals surface area contributed by atoms with Gasteiger partial charge >= 0.3 is 0 Å². The lowest BCUT2D eigenvalue weighted by molar-refractivity contribution is 0.554. The fraction of sp³-hybridized carbons (Fsp3) is 0.444. The zero-order valence-electron chi connectivity index (χ0n) is 7.43. The molecule has 4 heteroatoms. The van der Waals surface area contributed by atoms with Crippen LogP contribution in [0.25, 0.3) is 0 Å². The van der Waals surface area contributed by atoms with Crippen LogP contribution in [-0.4, -0.2) is 11.0 Å². The Hall–Kier alpha value is -0.480. The van der Waals surface area contributed by atoms with E-state index in [1.54, 1.807) is 6.07 Å². The lowest BCUT2D eigenvalue weighted by atomic mass is 10.1. The van der Waals surface area contributed by atoms with Gasteiger partial charge in [0.05, 0.1) is 0 Å². The highest BCUT2D eigenvalue weighted by Crippen LogP contribution is 2.14. The van der Waals surface area contributed by atoms with Crippen LogP contribution in [-0.2, 0) is 6.42 Å². The van der Waals surface area contributed by atoms with E-state index < -0.39 is 5.95 Å². The summed E-state index contributed by atoms with van der Waals surface area (Å²) in [6.07, 6.45) is 2.86. The molecule has 0 amide bonds. The summed E-state index contributed by atoms with van der Waals surface area (Å²) in [6.45, 7) is 1.91. The molecule has 2 nitrogen and oxygen atoms in total. The van der Waals surface area contributed by atoms with E-state index in [0.717, 1.165) is 10.9 Å². The summed E-state index contributed by atoms with van der Waals surface area (Å²) in [5.74, 6) is -0.399. The second-order valence-corrected chi connectivity index (χ2v) is 4.04. The Morgan fingerprint density at radius 2 is 2.38 bits per heavy atom. The second kappa shape index (κ2) is 4.67. The van der Waals surface area contributed by atoms with Crippen molar-refractivity contribution in [2.45, 2.75) is 25.8 Å². The van der Waals surface area contributed by atoms with E-state index in [0.29, 0.717) is 12.0 Å².